The summed E-state index contributed by atoms with van der Waals surface area (Å²) in [6.45, 7) is 2.20. The minimum atomic E-state index is 0.306. The number of nitrogens with zero attached hydrogens (tertiary/aromatic N) is 1. The number of likely N-dealkylation sites (N-methyl/N-ethyl adjacent to an activating group) is 1. The Bertz CT molecular complexity index is 236. The van der Waals surface area contributed by atoms with Gasteiger partial charge in [-0.25, -0.2) is 0 Å². The molecule has 0 aromatic heterocycles. The highest BCUT2D eigenvalue weighted by Gasteiger charge is 2.25. The maximum absolute atomic E-state index is 12.0. The Hall–Kier alpha value is -0.570. The van der Waals surface area contributed by atoms with E-state index in [9.17, 15) is 4.79 Å². The van der Waals surface area contributed by atoms with Gasteiger partial charge in [-0.3, -0.25) is 4.79 Å². The van der Waals surface area contributed by atoms with Crippen molar-refractivity contribution in [2.45, 2.75) is 51.0 Å². The van der Waals surface area contributed by atoms with Crippen molar-refractivity contribution in [3.63, 3.8) is 0 Å². The van der Waals surface area contributed by atoms with Crippen LogP contribution in [0.2, 0.25) is 0 Å². The minimum absolute atomic E-state index is 0.306. The van der Waals surface area contributed by atoms with Crippen LogP contribution in [0.15, 0.2) is 0 Å². The summed E-state index contributed by atoms with van der Waals surface area (Å²) in [6, 6.07) is 0.396. The van der Waals surface area contributed by atoms with Crippen LogP contribution in [0.1, 0.15) is 44.9 Å². The minimum Gasteiger partial charge on any atom is -0.352 e. The largest absolute Gasteiger partial charge is 0.352 e. The van der Waals surface area contributed by atoms with Gasteiger partial charge in [0.15, 0.2) is 0 Å². The second-order valence-electron chi connectivity index (χ2n) is 5.44. The molecule has 1 saturated carbocycles. The Balaban J connectivity index is 1.77. The van der Waals surface area contributed by atoms with Crippen molar-refractivity contribution in [1.29, 1.82) is 0 Å². The van der Waals surface area contributed by atoms with Crippen LogP contribution >= 0.6 is 0 Å². The highest BCUT2D eigenvalue weighted by atomic mass is 16.1. The molecule has 3 nitrogen and oxygen atoms in total. The van der Waals surface area contributed by atoms with Crippen molar-refractivity contribution in [3.05, 3.63) is 0 Å². The first kappa shape index (κ1) is 11.9. The van der Waals surface area contributed by atoms with E-state index in [2.05, 4.69) is 17.3 Å². The Morgan fingerprint density at radius 3 is 2.56 bits per heavy atom. The molecule has 1 amide bonds. The Morgan fingerprint density at radius 2 is 1.88 bits per heavy atom. The number of nitrogens with one attached hydrogen (secondary N) is 1. The third-order valence-corrected chi connectivity index (χ3v) is 3.95. The van der Waals surface area contributed by atoms with Gasteiger partial charge in [0.05, 0.1) is 0 Å². The first-order chi connectivity index (χ1) is 7.75. The number of carbonyl (C=O) groups excluding carboxylic acids is 1. The zero-order chi connectivity index (χ0) is 11.4. The SMILES string of the molecule is CN1CCC[C@@H](NC(=O)C2CCCCC2)C1. The summed E-state index contributed by atoms with van der Waals surface area (Å²) in [4.78, 5) is 14.4. The van der Waals surface area contributed by atoms with Gasteiger partial charge in [0, 0.05) is 18.5 Å². The van der Waals surface area contributed by atoms with Gasteiger partial charge < -0.3 is 10.2 Å². The lowest BCUT2D eigenvalue weighted by molar-refractivity contribution is -0.127. The third-order valence-electron chi connectivity index (χ3n) is 3.95. The van der Waals surface area contributed by atoms with Crippen LogP contribution < -0.4 is 5.32 Å². The van der Waals surface area contributed by atoms with E-state index in [1.807, 2.05) is 0 Å². The standard InChI is InChI=1S/C13H24N2O/c1-15-9-5-8-12(10-15)14-13(16)11-6-3-2-4-7-11/h11-12H,2-10H2,1H3,(H,14,16)/t12-/m1/s1. The fraction of sp³-hybridized carbons (Fsp3) is 0.923. The quantitative estimate of drug-likeness (QED) is 0.775. The van der Waals surface area contributed by atoms with Crippen molar-refractivity contribution in [2.75, 3.05) is 20.1 Å². The van der Waals surface area contributed by atoms with Crippen LogP contribution in [0.3, 0.4) is 0 Å². The van der Waals surface area contributed by atoms with E-state index in [-0.39, 0.29) is 0 Å². The van der Waals surface area contributed by atoms with E-state index >= 15 is 0 Å². The molecule has 0 unspecified atom stereocenters. The Labute approximate surface area is 98.6 Å². The fourth-order valence-corrected chi connectivity index (χ4v) is 2.97. The second-order valence-corrected chi connectivity index (χ2v) is 5.44. The molecule has 0 radical (unpaired) electrons. The third kappa shape index (κ3) is 3.21. The summed E-state index contributed by atoms with van der Waals surface area (Å²) in [7, 11) is 2.14. The average molecular weight is 224 g/mol. The summed E-state index contributed by atoms with van der Waals surface area (Å²) in [5.41, 5.74) is 0. The van der Waals surface area contributed by atoms with E-state index in [4.69, 9.17) is 0 Å². The van der Waals surface area contributed by atoms with Crippen LogP contribution in [-0.2, 0) is 4.79 Å². The molecule has 0 aromatic rings. The molecule has 2 rings (SSSR count). The number of hydrogen-bond donors (Lipinski definition) is 1. The summed E-state index contributed by atoms with van der Waals surface area (Å²) < 4.78 is 0. The lowest BCUT2D eigenvalue weighted by atomic mass is 9.88. The van der Waals surface area contributed by atoms with Gasteiger partial charge in [0.1, 0.15) is 0 Å². The van der Waals surface area contributed by atoms with Crippen LogP contribution in [0, 0.1) is 5.92 Å². The normalized spacial score (nSPS) is 28.9. The molecule has 1 saturated heterocycles. The first-order valence-electron chi connectivity index (χ1n) is 6.74. The van der Waals surface area contributed by atoms with E-state index in [1.54, 1.807) is 0 Å². The average Bonchev–Trinajstić information content (AvgIpc) is 2.30. The van der Waals surface area contributed by atoms with Gasteiger partial charge in [-0.05, 0) is 39.3 Å². The predicted molar refractivity (Wildman–Crippen MR) is 65.2 cm³/mol. The van der Waals surface area contributed by atoms with Gasteiger partial charge >= 0.3 is 0 Å². The van der Waals surface area contributed by atoms with Gasteiger partial charge in [-0.15, -0.1) is 0 Å². The molecule has 0 aromatic carbocycles. The molecule has 2 fully saturated rings. The van der Waals surface area contributed by atoms with E-state index in [0.29, 0.717) is 17.9 Å². The van der Waals surface area contributed by atoms with E-state index < -0.39 is 0 Å². The molecule has 16 heavy (non-hydrogen) atoms. The lowest BCUT2D eigenvalue weighted by Crippen LogP contribution is -2.48. The number of rotatable bonds is 2. The summed E-state index contributed by atoms with van der Waals surface area (Å²) >= 11 is 0. The molecule has 0 bridgehead atoms. The number of likely N-dealkylation sites (tertiary alicyclic amines) is 1. The van der Waals surface area contributed by atoms with E-state index in [1.165, 1.54) is 32.2 Å². The summed E-state index contributed by atoms with van der Waals surface area (Å²) in [5.74, 6) is 0.626. The molecule has 1 aliphatic heterocycles. The van der Waals surface area contributed by atoms with E-state index in [0.717, 1.165) is 25.8 Å². The van der Waals surface area contributed by atoms with Crippen molar-refractivity contribution in [1.82, 2.24) is 10.2 Å². The molecule has 1 atom stereocenters. The smallest absolute Gasteiger partial charge is 0.223 e. The van der Waals surface area contributed by atoms with Gasteiger partial charge in [0.2, 0.25) is 5.91 Å². The number of hydrogen-bond acceptors (Lipinski definition) is 2. The number of amides is 1. The summed E-state index contributed by atoms with van der Waals surface area (Å²) in [6.07, 6.45) is 8.37. The number of piperidine rings is 1. The molecule has 3 heteroatoms. The Kier molecular flexibility index (Phi) is 4.22. The van der Waals surface area contributed by atoms with Gasteiger partial charge in [0.25, 0.3) is 0 Å². The monoisotopic (exact) mass is 224 g/mol. The molecular weight excluding hydrogens is 200 g/mol. The fourth-order valence-electron chi connectivity index (χ4n) is 2.97. The van der Waals surface area contributed by atoms with Crippen LogP contribution in [0.4, 0.5) is 0 Å². The summed E-state index contributed by atoms with van der Waals surface area (Å²) in [5, 5.41) is 3.24. The highest BCUT2D eigenvalue weighted by Crippen LogP contribution is 2.24. The molecular formula is C13H24N2O. The zero-order valence-corrected chi connectivity index (χ0v) is 10.4. The van der Waals surface area contributed by atoms with Gasteiger partial charge in [-0.2, -0.15) is 0 Å². The lowest BCUT2D eigenvalue weighted by Gasteiger charge is -2.32. The van der Waals surface area contributed by atoms with Crippen molar-refractivity contribution >= 4 is 5.91 Å². The first-order valence-corrected chi connectivity index (χ1v) is 6.74. The molecule has 0 spiro atoms. The number of carbonyl (C=O) groups is 1. The van der Waals surface area contributed by atoms with Crippen molar-refractivity contribution in [3.8, 4) is 0 Å². The molecule has 2 aliphatic rings. The second kappa shape index (κ2) is 5.67. The topological polar surface area (TPSA) is 32.3 Å². The van der Waals surface area contributed by atoms with Crippen molar-refractivity contribution < 1.29 is 4.79 Å². The molecule has 1 N–H and O–H groups in total. The molecule has 1 heterocycles. The van der Waals surface area contributed by atoms with Crippen LogP contribution in [0.25, 0.3) is 0 Å². The van der Waals surface area contributed by atoms with Crippen LogP contribution in [0.5, 0.6) is 0 Å². The Morgan fingerprint density at radius 1 is 1.12 bits per heavy atom. The van der Waals surface area contributed by atoms with Crippen LogP contribution in [-0.4, -0.2) is 37.0 Å². The molecule has 92 valence electrons. The maximum Gasteiger partial charge on any atom is 0.223 e. The predicted octanol–water partition coefficient (Wildman–Crippen LogP) is 1.78. The molecule has 1 aliphatic carbocycles. The zero-order valence-electron chi connectivity index (χ0n) is 10.4. The maximum atomic E-state index is 12.0. The van der Waals surface area contributed by atoms with Gasteiger partial charge in [-0.1, -0.05) is 19.3 Å². The highest BCUT2D eigenvalue weighted by molar-refractivity contribution is 5.79. The van der Waals surface area contributed by atoms with Crippen molar-refractivity contribution in [2.24, 2.45) is 5.92 Å².